The zero-order valence-corrected chi connectivity index (χ0v) is 31.7. The van der Waals surface area contributed by atoms with Gasteiger partial charge in [-0.2, -0.15) is 0 Å². The number of hydrogen-bond acceptors (Lipinski definition) is 4. The van der Waals surface area contributed by atoms with Crippen LogP contribution in [0, 0.1) is 0 Å². The van der Waals surface area contributed by atoms with Crippen molar-refractivity contribution in [2.45, 2.75) is 0 Å². The molecule has 8 aromatic carbocycles. The lowest BCUT2D eigenvalue weighted by molar-refractivity contribution is 1.19. The molecular weight excluding hydrogens is 719 g/mol. The van der Waals surface area contributed by atoms with E-state index in [1.54, 1.807) is 0 Å². The highest BCUT2D eigenvalue weighted by molar-refractivity contribution is 7.27. The summed E-state index contributed by atoms with van der Waals surface area (Å²) in [6.07, 6.45) is 4.13. The van der Waals surface area contributed by atoms with E-state index in [2.05, 4.69) is 173 Å². The van der Waals surface area contributed by atoms with Crippen LogP contribution in [-0.2, 0) is 0 Å². The van der Waals surface area contributed by atoms with Crippen LogP contribution >= 0.6 is 22.7 Å². The Morgan fingerprint density at radius 2 is 0.911 bits per heavy atom. The molecule has 0 saturated carbocycles. The van der Waals surface area contributed by atoms with Crippen LogP contribution in [0.3, 0.4) is 0 Å². The molecule has 0 spiro atoms. The van der Waals surface area contributed by atoms with E-state index in [0.29, 0.717) is 0 Å². The molecule has 0 unspecified atom stereocenters. The van der Waals surface area contributed by atoms with Crippen LogP contribution in [0.15, 0.2) is 188 Å². The molecule has 0 fully saturated rings. The van der Waals surface area contributed by atoms with Gasteiger partial charge in [-0.3, -0.25) is 0 Å². The topological polar surface area (TPSA) is 20.5 Å². The SMILES string of the molecule is c1ccc2c(c1)ccc1c3ccc(N(c4ccc(-c5ccc(-c6cn7ccccc7n6)cc5)cc4)c4ccc5c(c4)sc4c6ccccc6ccc54)cc3sc21. The molecule has 4 aromatic heterocycles. The summed E-state index contributed by atoms with van der Waals surface area (Å²) in [6.45, 7) is 0. The van der Waals surface area contributed by atoms with E-state index in [1.165, 1.54) is 73.0 Å². The fourth-order valence-electron chi connectivity index (χ4n) is 8.42. The Kier molecular flexibility index (Phi) is 6.97. The fourth-order valence-corrected chi connectivity index (χ4v) is 11.0. The molecule has 262 valence electrons. The maximum absolute atomic E-state index is 4.82. The van der Waals surface area contributed by atoms with Crippen LogP contribution in [0.2, 0.25) is 0 Å². The van der Waals surface area contributed by atoms with E-state index >= 15 is 0 Å². The lowest BCUT2D eigenvalue weighted by atomic mass is 10.0. The van der Waals surface area contributed by atoms with Gasteiger partial charge in [-0.1, -0.05) is 127 Å². The van der Waals surface area contributed by atoms with Gasteiger partial charge in [0.15, 0.2) is 0 Å². The van der Waals surface area contributed by atoms with Crippen LogP contribution < -0.4 is 4.90 Å². The van der Waals surface area contributed by atoms with Crippen molar-refractivity contribution in [2.75, 3.05) is 4.90 Å². The predicted octanol–water partition coefficient (Wildman–Crippen LogP) is 15.2. The van der Waals surface area contributed by atoms with Gasteiger partial charge < -0.3 is 9.30 Å². The first-order valence-electron chi connectivity index (χ1n) is 18.8. The van der Waals surface area contributed by atoms with Gasteiger partial charge in [0.1, 0.15) is 5.65 Å². The summed E-state index contributed by atoms with van der Waals surface area (Å²) in [7, 11) is 0. The first kappa shape index (κ1) is 31.5. The number of benzene rings is 8. The Bertz CT molecular complexity index is 3290. The van der Waals surface area contributed by atoms with Gasteiger partial charge in [0.2, 0.25) is 0 Å². The van der Waals surface area contributed by atoms with Crippen LogP contribution in [0.4, 0.5) is 17.1 Å². The maximum Gasteiger partial charge on any atom is 0.137 e. The fraction of sp³-hybridized carbons (Fsp3) is 0. The van der Waals surface area contributed by atoms with Crippen LogP contribution in [0.25, 0.3) is 89.9 Å². The van der Waals surface area contributed by atoms with Crippen molar-refractivity contribution in [3.63, 3.8) is 0 Å². The van der Waals surface area contributed by atoms with Gasteiger partial charge in [0, 0.05) is 75.4 Å². The number of fused-ring (bicyclic) bond motifs is 11. The van der Waals surface area contributed by atoms with Gasteiger partial charge in [-0.05, 0) is 81.2 Å². The monoisotopic (exact) mass is 749 g/mol. The predicted molar refractivity (Wildman–Crippen MR) is 242 cm³/mol. The first-order chi connectivity index (χ1) is 27.7. The summed E-state index contributed by atoms with van der Waals surface area (Å²) >= 11 is 3.78. The molecule has 0 amide bonds. The van der Waals surface area contributed by atoms with E-state index < -0.39 is 0 Å². The van der Waals surface area contributed by atoms with Crippen molar-refractivity contribution in [2.24, 2.45) is 0 Å². The van der Waals surface area contributed by atoms with E-state index in [9.17, 15) is 0 Å². The number of nitrogens with zero attached hydrogens (tertiary/aromatic N) is 3. The molecule has 0 aliphatic rings. The minimum absolute atomic E-state index is 0.951. The molecule has 0 aliphatic carbocycles. The molecule has 0 saturated heterocycles. The molecule has 5 heteroatoms. The minimum atomic E-state index is 0.951. The van der Waals surface area contributed by atoms with Crippen LogP contribution in [-0.4, -0.2) is 9.38 Å². The highest BCUT2D eigenvalue weighted by Gasteiger charge is 2.18. The van der Waals surface area contributed by atoms with Gasteiger partial charge in [-0.25, -0.2) is 4.98 Å². The van der Waals surface area contributed by atoms with Crippen molar-refractivity contribution in [3.05, 3.63) is 188 Å². The summed E-state index contributed by atoms with van der Waals surface area (Å²) in [5.74, 6) is 0. The number of pyridine rings is 1. The number of hydrogen-bond donors (Lipinski definition) is 0. The highest BCUT2D eigenvalue weighted by atomic mass is 32.1. The third-order valence-electron chi connectivity index (χ3n) is 11.2. The molecule has 0 aliphatic heterocycles. The van der Waals surface area contributed by atoms with Crippen molar-refractivity contribution in [3.8, 4) is 22.4 Å². The smallest absolute Gasteiger partial charge is 0.137 e. The molecule has 0 bridgehead atoms. The summed E-state index contributed by atoms with van der Waals surface area (Å²) in [5.41, 5.74) is 8.78. The van der Waals surface area contributed by atoms with Crippen molar-refractivity contribution in [1.29, 1.82) is 0 Å². The lowest BCUT2D eigenvalue weighted by Gasteiger charge is -2.26. The number of anilines is 3. The highest BCUT2D eigenvalue weighted by Crippen LogP contribution is 2.45. The van der Waals surface area contributed by atoms with E-state index in [-0.39, 0.29) is 0 Å². The Balaban J connectivity index is 0.974. The zero-order chi connectivity index (χ0) is 36.7. The quantitative estimate of drug-likeness (QED) is 0.175. The number of imidazole rings is 1. The average Bonchev–Trinajstić information content (AvgIpc) is 3.97. The summed E-state index contributed by atoms with van der Waals surface area (Å²) in [5, 5.41) is 10.4. The number of rotatable bonds is 5. The molecule has 0 radical (unpaired) electrons. The van der Waals surface area contributed by atoms with E-state index in [0.717, 1.165) is 34.0 Å². The molecule has 56 heavy (non-hydrogen) atoms. The molecule has 12 aromatic rings. The Hall–Kier alpha value is -6.79. The summed E-state index contributed by atoms with van der Waals surface area (Å²) in [4.78, 5) is 7.24. The minimum Gasteiger partial charge on any atom is -0.310 e. The third kappa shape index (κ3) is 4.98. The second-order valence-corrected chi connectivity index (χ2v) is 16.5. The zero-order valence-electron chi connectivity index (χ0n) is 30.1. The molecule has 12 rings (SSSR count). The first-order valence-corrected chi connectivity index (χ1v) is 20.5. The molecule has 0 atom stereocenters. The Morgan fingerprint density at radius 3 is 1.50 bits per heavy atom. The summed E-state index contributed by atoms with van der Waals surface area (Å²) < 4.78 is 7.33. The maximum atomic E-state index is 4.82. The number of aromatic nitrogens is 2. The van der Waals surface area contributed by atoms with Gasteiger partial charge in [0.05, 0.1) is 5.69 Å². The third-order valence-corrected chi connectivity index (χ3v) is 13.6. The normalized spacial score (nSPS) is 11.9. The van der Waals surface area contributed by atoms with Crippen molar-refractivity contribution < 1.29 is 0 Å². The van der Waals surface area contributed by atoms with Crippen molar-refractivity contribution >= 4 is 107 Å². The van der Waals surface area contributed by atoms with Gasteiger partial charge in [0.25, 0.3) is 0 Å². The van der Waals surface area contributed by atoms with E-state index in [4.69, 9.17) is 4.98 Å². The molecule has 0 N–H and O–H groups in total. The second kappa shape index (κ2) is 12.4. The lowest BCUT2D eigenvalue weighted by Crippen LogP contribution is -2.09. The molecule has 3 nitrogen and oxygen atoms in total. The summed E-state index contributed by atoms with van der Waals surface area (Å²) in [6, 6.07) is 64.3. The molecular formula is C51H31N3S2. The van der Waals surface area contributed by atoms with Crippen LogP contribution in [0.1, 0.15) is 0 Å². The Labute approximate surface area is 330 Å². The molecule has 4 heterocycles. The number of thiophene rings is 2. The van der Waals surface area contributed by atoms with Crippen LogP contribution in [0.5, 0.6) is 0 Å². The van der Waals surface area contributed by atoms with E-state index in [1.807, 2.05) is 47.1 Å². The standard InChI is InChI=1S/C51H31N3S2/c1-3-9-40-34(7-1)18-24-44-42-26-22-38(29-47(42)55-50(40)44)54(39-23-27-43-45-25-19-35-8-2-4-10-41(35)51(45)56-48(43)30-39)37-20-16-33(17-21-37)32-12-14-36(15-13-32)46-31-53-28-6-5-11-49(53)52-46/h1-31H. The second-order valence-electron chi connectivity index (χ2n) is 14.4. The van der Waals surface area contributed by atoms with Gasteiger partial charge in [-0.15, -0.1) is 22.7 Å². The van der Waals surface area contributed by atoms with Gasteiger partial charge >= 0.3 is 0 Å². The Morgan fingerprint density at radius 1 is 0.411 bits per heavy atom. The average molecular weight is 750 g/mol. The van der Waals surface area contributed by atoms with Crippen molar-refractivity contribution in [1.82, 2.24) is 9.38 Å². The largest absolute Gasteiger partial charge is 0.310 e.